The zero-order chi connectivity index (χ0) is 22.2. The second-order valence-electron chi connectivity index (χ2n) is 8.17. The number of fused-ring (bicyclic) bond motifs is 2. The number of rotatable bonds is 4. The van der Waals surface area contributed by atoms with Crippen molar-refractivity contribution in [2.75, 3.05) is 11.1 Å². The maximum atomic E-state index is 12.9. The molecule has 162 valence electrons. The first-order valence-corrected chi connectivity index (χ1v) is 11.7. The predicted octanol–water partition coefficient (Wildman–Crippen LogP) is 6.70. The molecule has 0 bridgehead atoms. The number of nitrogens with one attached hydrogen (secondary N) is 1. The Morgan fingerprint density at radius 3 is 2.56 bits per heavy atom. The molecular weight excluding hydrogens is 442 g/mol. The number of hydrogen-bond donors (Lipinski definition) is 2. The van der Waals surface area contributed by atoms with E-state index in [1.165, 1.54) is 16.9 Å². The van der Waals surface area contributed by atoms with Gasteiger partial charge in [0.1, 0.15) is 21.2 Å². The number of nitrogens with zero attached hydrogens (tertiary/aromatic N) is 1. The van der Waals surface area contributed by atoms with Crippen LogP contribution in [0.25, 0.3) is 10.2 Å². The average molecular weight is 464 g/mol. The molecule has 1 atom stereocenters. The van der Waals surface area contributed by atoms with Crippen LogP contribution >= 0.6 is 22.9 Å². The van der Waals surface area contributed by atoms with Gasteiger partial charge in [0.2, 0.25) is 0 Å². The highest BCUT2D eigenvalue weighted by molar-refractivity contribution is 7.21. The minimum absolute atomic E-state index is 0.233. The van der Waals surface area contributed by atoms with Crippen molar-refractivity contribution in [1.29, 1.82) is 0 Å². The first-order valence-electron chi connectivity index (χ1n) is 10.5. The summed E-state index contributed by atoms with van der Waals surface area (Å²) in [5.74, 6) is 1.77. The first-order chi connectivity index (χ1) is 15.5. The highest BCUT2D eigenvalue weighted by Crippen LogP contribution is 2.36. The van der Waals surface area contributed by atoms with Gasteiger partial charge in [0, 0.05) is 21.8 Å². The van der Waals surface area contributed by atoms with Crippen LogP contribution in [0.2, 0.25) is 5.02 Å². The van der Waals surface area contributed by atoms with E-state index in [1.807, 2.05) is 0 Å². The van der Waals surface area contributed by atoms with Gasteiger partial charge >= 0.3 is 0 Å². The molecule has 32 heavy (non-hydrogen) atoms. The Morgan fingerprint density at radius 2 is 1.84 bits per heavy atom. The number of amides is 1. The van der Waals surface area contributed by atoms with Gasteiger partial charge in [0.15, 0.2) is 0 Å². The zero-order valence-electron chi connectivity index (χ0n) is 17.5. The maximum absolute atomic E-state index is 12.9. The van der Waals surface area contributed by atoms with Crippen molar-refractivity contribution in [3.8, 4) is 11.5 Å². The quantitative estimate of drug-likeness (QED) is 0.353. The molecule has 2 heterocycles. The average Bonchev–Trinajstić information content (AvgIpc) is 3.11. The van der Waals surface area contributed by atoms with E-state index in [2.05, 4.69) is 18.3 Å². The van der Waals surface area contributed by atoms with Crippen molar-refractivity contribution in [1.82, 2.24) is 4.98 Å². The number of benzene rings is 2. The Hall–Kier alpha value is -3.09. The molecule has 2 aromatic heterocycles. The summed E-state index contributed by atoms with van der Waals surface area (Å²) in [6.07, 6.45) is 3.15. The van der Waals surface area contributed by atoms with Crippen LogP contribution in [-0.2, 0) is 12.8 Å². The minimum Gasteiger partial charge on any atom is -0.457 e. The smallest absolute Gasteiger partial charge is 0.267 e. The fourth-order valence-corrected chi connectivity index (χ4v) is 5.09. The van der Waals surface area contributed by atoms with E-state index in [9.17, 15) is 4.79 Å². The lowest BCUT2D eigenvalue weighted by molar-refractivity contribution is 0.103. The van der Waals surface area contributed by atoms with Crippen molar-refractivity contribution >= 4 is 50.4 Å². The van der Waals surface area contributed by atoms with Crippen molar-refractivity contribution in [2.24, 2.45) is 5.92 Å². The first kappa shape index (κ1) is 20.8. The lowest BCUT2D eigenvalue weighted by Crippen LogP contribution is -2.12. The minimum atomic E-state index is -0.233. The normalized spacial score (nSPS) is 15.4. The second kappa shape index (κ2) is 8.45. The Morgan fingerprint density at radius 1 is 1.16 bits per heavy atom. The van der Waals surface area contributed by atoms with E-state index in [4.69, 9.17) is 27.1 Å². The van der Waals surface area contributed by atoms with Gasteiger partial charge in [-0.25, -0.2) is 4.98 Å². The topological polar surface area (TPSA) is 77.2 Å². The number of nitrogen functional groups attached to an aromatic ring is 1. The van der Waals surface area contributed by atoms with E-state index in [-0.39, 0.29) is 5.91 Å². The summed E-state index contributed by atoms with van der Waals surface area (Å²) >= 11 is 7.25. The molecule has 0 spiro atoms. The Kier molecular flexibility index (Phi) is 5.49. The number of halogens is 1. The number of ether oxygens (including phenoxy) is 1. The van der Waals surface area contributed by atoms with Crippen LogP contribution < -0.4 is 15.8 Å². The molecule has 0 radical (unpaired) electrons. The molecule has 2 aromatic carbocycles. The summed E-state index contributed by atoms with van der Waals surface area (Å²) in [5.41, 5.74) is 9.92. The summed E-state index contributed by atoms with van der Waals surface area (Å²) in [6, 6.07) is 16.5. The molecular formula is C25H22ClN3O2S. The van der Waals surface area contributed by atoms with Crippen LogP contribution in [0.4, 0.5) is 11.4 Å². The van der Waals surface area contributed by atoms with E-state index in [0.717, 1.165) is 35.2 Å². The SMILES string of the molecule is CC1CCc2nc3sc(C(=O)Nc4ccc(Oc5ccc(Cl)cc5)cc4)c(N)c3cc2C1. The van der Waals surface area contributed by atoms with Crippen molar-refractivity contribution in [2.45, 2.75) is 26.2 Å². The summed E-state index contributed by atoms with van der Waals surface area (Å²) in [4.78, 5) is 19.1. The fraction of sp³-hybridized carbons (Fsp3) is 0.200. The molecule has 5 rings (SSSR count). The van der Waals surface area contributed by atoms with Gasteiger partial charge < -0.3 is 15.8 Å². The molecule has 1 amide bonds. The summed E-state index contributed by atoms with van der Waals surface area (Å²) in [6.45, 7) is 2.26. The molecule has 0 fully saturated rings. The molecule has 7 heteroatoms. The molecule has 0 aliphatic heterocycles. The zero-order valence-corrected chi connectivity index (χ0v) is 19.1. The van der Waals surface area contributed by atoms with Gasteiger partial charge in [-0.1, -0.05) is 18.5 Å². The van der Waals surface area contributed by atoms with E-state index in [0.29, 0.717) is 38.7 Å². The molecule has 1 aliphatic carbocycles. The lowest BCUT2D eigenvalue weighted by atomic mass is 9.87. The standard InChI is InChI=1S/C25H22ClN3O2S/c1-14-2-11-21-15(12-14)13-20-22(27)23(32-25(20)29-21)24(30)28-17-5-9-19(10-6-17)31-18-7-3-16(26)4-8-18/h3-10,13-14H,2,11-12,27H2,1H3,(H,28,30). The Labute approximate surface area is 195 Å². The number of aromatic nitrogens is 1. The maximum Gasteiger partial charge on any atom is 0.267 e. The number of carbonyl (C=O) groups is 1. The summed E-state index contributed by atoms with van der Waals surface area (Å²) in [5, 5.41) is 4.45. The Balaban J connectivity index is 1.33. The lowest BCUT2D eigenvalue weighted by Gasteiger charge is -2.20. The van der Waals surface area contributed by atoms with Crippen molar-refractivity contribution < 1.29 is 9.53 Å². The van der Waals surface area contributed by atoms with Gasteiger partial charge in [0.05, 0.1) is 5.69 Å². The van der Waals surface area contributed by atoms with E-state index >= 15 is 0 Å². The van der Waals surface area contributed by atoms with Gasteiger partial charge in [0.25, 0.3) is 5.91 Å². The molecule has 1 unspecified atom stereocenters. The predicted molar refractivity (Wildman–Crippen MR) is 131 cm³/mol. The number of pyridine rings is 1. The third-order valence-corrected chi connectivity index (χ3v) is 7.07. The van der Waals surface area contributed by atoms with E-state index < -0.39 is 0 Å². The van der Waals surface area contributed by atoms with E-state index in [1.54, 1.807) is 48.5 Å². The molecule has 5 nitrogen and oxygen atoms in total. The second-order valence-corrected chi connectivity index (χ2v) is 9.61. The molecule has 0 saturated carbocycles. The number of hydrogen-bond acceptors (Lipinski definition) is 5. The Bertz CT molecular complexity index is 1300. The van der Waals surface area contributed by atoms with Gasteiger partial charge in [-0.2, -0.15) is 0 Å². The molecule has 1 aliphatic rings. The number of nitrogens with two attached hydrogens (primary N) is 1. The summed E-state index contributed by atoms with van der Waals surface area (Å²) in [7, 11) is 0. The number of carbonyl (C=O) groups excluding carboxylic acids is 1. The number of anilines is 2. The van der Waals surface area contributed by atoms with Crippen LogP contribution in [0.1, 0.15) is 34.3 Å². The van der Waals surface area contributed by atoms with Crippen LogP contribution in [0.5, 0.6) is 11.5 Å². The number of thiophene rings is 1. The molecule has 0 saturated heterocycles. The fourth-order valence-electron chi connectivity index (χ4n) is 3.97. The van der Waals surface area contributed by atoms with Gasteiger partial charge in [-0.05, 0) is 85.3 Å². The van der Waals surface area contributed by atoms with Crippen molar-refractivity contribution in [3.63, 3.8) is 0 Å². The summed E-state index contributed by atoms with van der Waals surface area (Å²) < 4.78 is 5.80. The third kappa shape index (κ3) is 4.16. The monoisotopic (exact) mass is 463 g/mol. The molecule has 3 N–H and O–H groups in total. The van der Waals surface area contributed by atoms with Crippen LogP contribution in [0.15, 0.2) is 54.6 Å². The van der Waals surface area contributed by atoms with Crippen LogP contribution in [-0.4, -0.2) is 10.9 Å². The highest BCUT2D eigenvalue weighted by atomic mass is 35.5. The van der Waals surface area contributed by atoms with Gasteiger partial charge in [-0.15, -0.1) is 11.3 Å². The van der Waals surface area contributed by atoms with Crippen LogP contribution in [0.3, 0.4) is 0 Å². The third-order valence-electron chi connectivity index (χ3n) is 5.70. The van der Waals surface area contributed by atoms with Gasteiger partial charge in [-0.3, -0.25) is 4.79 Å². The number of aryl methyl sites for hydroxylation is 1. The van der Waals surface area contributed by atoms with Crippen molar-refractivity contribution in [3.05, 3.63) is 75.8 Å². The van der Waals surface area contributed by atoms with Crippen LogP contribution in [0, 0.1) is 5.92 Å². The molecule has 4 aromatic rings. The largest absolute Gasteiger partial charge is 0.457 e. The highest BCUT2D eigenvalue weighted by Gasteiger charge is 2.22.